The van der Waals surface area contributed by atoms with Gasteiger partial charge in [-0.2, -0.15) is 0 Å². The van der Waals surface area contributed by atoms with Gasteiger partial charge in [0.05, 0.1) is 20.8 Å². The van der Waals surface area contributed by atoms with Crippen LogP contribution in [0.3, 0.4) is 0 Å². The van der Waals surface area contributed by atoms with E-state index in [0.717, 1.165) is 47.0 Å². The van der Waals surface area contributed by atoms with Crippen molar-refractivity contribution >= 4 is 17.2 Å². The molecule has 1 fully saturated rings. The Bertz CT molecular complexity index is 1070. The molecular weight excluding hydrogens is 431 g/mol. The molecule has 1 atom stereocenters. The highest BCUT2D eigenvalue weighted by atomic mass is 32.1. The van der Waals surface area contributed by atoms with E-state index in [1.54, 1.807) is 26.4 Å². The van der Waals surface area contributed by atoms with Crippen LogP contribution in [0.5, 0.6) is 11.5 Å². The molecule has 1 aliphatic rings. The van der Waals surface area contributed by atoms with Crippen molar-refractivity contribution in [1.29, 1.82) is 0 Å². The molecule has 2 aromatic carbocycles. The first-order valence-corrected chi connectivity index (χ1v) is 11.2. The molecule has 1 aromatic heterocycles. The molecule has 0 radical (unpaired) electrons. The lowest BCUT2D eigenvalue weighted by molar-refractivity contribution is 0.0950. The van der Waals surface area contributed by atoms with Crippen LogP contribution in [0, 0.1) is 5.82 Å². The molecule has 1 aliphatic heterocycles. The number of methoxy groups -OCH3 is 2. The maximum Gasteiger partial charge on any atom is 0.282 e. The van der Waals surface area contributed by atoms with Crippen molar-refractivity contribution in [3.8, 4) is 11.5 Å². The second-order valence-electron chi connectivity index (χ2n) is 7.55. The second kappa shape index (κ2) is 10.1. The summed E-state index contributed by atoms with van der Waals surface area (Å²) in [5.74, 6) is 0.976. The molecule has 0 aliphatic carbocycles. The van der Waals surface area contributed by atoms with Crippen LogP contribution in [-0.2, 0) is 13.1 Å². The third kappa shape index (κ3) is 5.05. The molecule has 2 heterocycles. The van der Waals surface area contributed by atoms with Gasteiger partial charge >= 0.3 is 0 Å². The van der Waals surface area contributed by atoms with Crippen LogP contribution in [0.2, 0.25) is 0 Å². The van der Waals surface area contributed by atoms with E-state index in [1.165, 1.54) is 23.5 Å². The number of carbonyl (C=O) groups excluding carboxylic acids is 1. The van der Waals surface area contributed by atoms with Crippen molar-refractivity contribution in [3.63, 3.8) is 0 Å². The van der Waals surface area contributed by atoms with Crippen LogP contribution >= 0.6 is 11.3 Å². The number of benzene rings is 2. The third-order valence-corrected chi connectivity index (χ3v) is 6.44. The van der Waals surface area contributed by atoms with Gasteiger partial charge in [0.1, 0.15) is 22.3 Å². The number of carbonyl (C=O) groups is 1. The summed E-state index contributed by atoms with van der Waals surface area (Å²) in [5.41, 5.74) is 1.94. The first-order chi connectivity index (χ1) is 15.6. The number of ether oxygens (including phenoxy) is 2. The highest BCUT2D eigenvalue weighted by molar-refractivity contribution is 7.13. The van der Waals surface area contributed by atoms with Gasteiger partial charge in [0, 0.05) is 24.2 Å². The largest absolute Gasteiger partial charge is 0.497 e. The summed E-state index contributed by atoms with van der Waals surface area (Å²) >= 11 is 1.29. The SMILES string of the molecule is COc1ccc(C2CCCN2Cc2nnc(C(=O)NCc3ccc(F)cc3)s2)c(OC)c1. The lowest BCUT2D eigenvalue weighted by Crippen LogP contribution is -2.23. The minimum Gasteiger partial charge on any atom is -0.497 e. The molecule has 4 rings (SSSR count). The van der Waals surface area contributed by atoms with Gasteiger partial charge < -0.3 is 14.8 Å². The van der Waals surface area contributed by atoms with E-state index in [2.05, 4.69) is 26.5 Å². The molecular formula is C23H25FN4O3S. The Hall–Kier alpha value is -3.04. The zero-order valence-electron chi connectivity index (χ0n) is 18.0. The highest BCUT2D eigenvalue weighted by Gasteiger charge is 2.29. The quantitative estimate of drug-likeness (QED) is 0.553. The highest BCUT2D eigenvalue weighted by Crippen LogP contribution is 2.39. The van der Waals surface area contributed by atoms with Crippen LogP contribution in [0.1, 0.15) is 44.8 Å². The van der Waals surface area contributed by atoms with Crippen LogP contribution in [0.25, 0.3) is 0 Å². The Balaban J connectivity index is 1.40. The summed E-state index contributed by atoms with van der Waals surface area (Å²) in [6.45, 7) is 1.85. The molecule has 0 bridgehead atoms. The number of amides is 1. The normalized spacial score (nSPS) is 16.2. The molecule has 9 heteroatoms. The van der Waals surface area contributed by atoms with Gasteiger partial charge in [-0.1, -0.05) is 29.5 Å². The average Bonchev–Trinajstić information content (AvgIpc) is 3.48. The zero-order valence-corrected chi connectivity index (χ0v) is 18.8. The van der Waals surface area contributed by atoms with Crippen molar-refractivity contribution in [2.45, 2.75) is 32.0 Å². The smallest absolute Gasteiger partial charge is 0.282 e. The lowest BCUT2D eigenvalue weighted by Gasteiger charge is -2.25. The standard InChI is InChI=1S/C23H25FN4O3S/c1-30-17-9-10-18(20(12-17)31-2)19-4-3-11-28(19)14-21-26-27-23(32-21)22(29)25-13-15-5-7-16(24)8-6-15/h5-10,12,19H,3-4,11,13-14H2,1-2H3,(H,25,29). The Kier molecular flexibility index (Phi) is 6.96. The van der Waals surface area contributed by atoms with E-state index in [4.69, 9.17) is 9.47 Å². The Morgan fingerprint density at radius 3 is 2.75 bits per heavy atom. The number of hydrogen-bond acceptors (Lipinski definition) is 7. The molecule has 168 valence electrons. The number of nitrogens with one attached hydrogen (secondary N) is 1. The maximum atomic E-state index is 13.0. The van der Waals surface area contributed by atoms with Crippen molar-refractivity contribution in [2.24, 2.45) is 0 Å². The fraction of sp³-hybridized carbons (Fsp3) is 0.348. The number of likely N-dealkylation sites (tertiary alicyclic amines) is 1. The van der Waals surface area contributed by atoms with E-state index < -0.39 is 0 Å². The topological polar surface area (TPSA) is 76.6 Å². The predicted octanol–water partition coefficient (Wildman–Crippen LogP) is 3.96. The van der Waals surface area contributed by atoms with E-state index in [9.17, 15) is 9.18 Å². The third-order valence-electron chi connectivity index (χ3n) is 5.53. The second-order valence-corrected chi connectivity index (χ2v) is 8.61. The first-order valence-electron chi connectivity index (χ1n) is 10.4. The Labute approximate surface area is 190 Å². The van der Waals surface area contributed by atoms with Crippen LogP contribution in [0.15, 0.2) is 42.5 Å². The fourth-order valence-corrected chi connectivity index (χ4v) is 4.69. The summed E-state index contributed by atoms with van der Waals surface area (Å²) in [5, 5.41) is 12.2. The maximum absolute atomic E-state index is 13.0. The fourth-order valence-electron chi connectivity index (χ4n) is 3.90. The van der Waals surface area contributed by atoms with Crippen LogP contribution in [-0.4, -0.2) is 41.8 Å². The summed E-state index contributed by atoms with van der Waals surface area (Å²) in [6, 6.07) is 12.1. The van der Waals surface area contributed by atoms with Gasteiger partial charge in [0.25, 0.3) is 5.91 Å². The summed E-state index contributed by atoms with van der Waals surface area (Å²) < 4.78 is 23.9. The van der Waals surface area contributed by atoms with Gasteiger partial charge in [0.15, 0.2) is 0 Å². The summed E-state index contributed by atoms with van der Waals surface area (Å²) in [4.78, 5) is 14.8. The van der Waals surface area contributed by atoms with Crippen LogP contribution < -0.4 is 14.8 Å². The van der Waals surface area contributed by atoms with E-state index in [0.29, 0.717) is 18.1 Å². The number of halogens is 1. The molecule has 3 aromatic rings. The molecule has 32 heavy (non-hydrogen) atoms. The zero-order chi connectivity index (χ0) is 22.5. The minimum absolute atomic E-state index is 0.204. The van der Waals surface area contributed by atoms with Gasteiger partial charge in [0.2, 0.25) is 5.01 Å². The molecule has 7 nitrogen and oxygen atoms in total. The molecule has 1 N–H and O–H groups in total. The summed E-state index contributed by atoms with van der Waals surface area (Å²) in [7, 11) is 3.30. The summed E-state index contributed by atoms with van der Waals surface area (Å²) in [6.07, 6.45) is 2.09. The minimum atomic E-state index is -0.304. The van der Waals surface area contributed by atoms with Crippen molar-refractivity contribution in [1.82, 2.24) is 20.4 Å². The predicted molar refractivity (Wildman–Crippen MR) is 119 cm³/mol. The van der Waals surface area contributed by atoms with Crippen LogP contribution in [0.4, 0.5) is 4.39 Å². The van der Waals surface area contributed by atoms with Gasteiger partial charge in [-0.3, -0.25) is 9.69 Å². The van der Waals surface area contributed by atoms with E-state index >= 15 is 0 Å². The monoisotopic (exact) mass is 456 g/mol. The number of hydrogen-bond donors (Lipinski definition) is 1. The van der Waals surface area contributed by atoms with Crippen molar-refractivity contribution in [2.75, 3.05) is 20.8 Å². The lowest BCUT2D eigenvalue weighted by atomic mass is 10.0. The van der Waals surface area contributed by atoms with Gasteiger partial charge in [-0.05, 0) is 43.1 Å². The molecule has 1 unspecified atom stereocenters. The van der Waals surface area contributed by atoms with Crippen molar-refractivity contribution in [3.05, 3.63) is 69.4 Å². The van der Waals surface area contributed by atoms with E-state index in [-0.39, 0.29) is 17.8 Å². The molecule has 0 spiro atoms. The van der Waals surface area contributed by atoms with Gasteiger partial charge in [-0.15, -0.1) is 10.2 Å². The Morgan fingerprint density at radius 2 is 2.00 bits per heavy atom. The number of nitrogens with zero attached hydrogens (tertiary/aromatic N) is 3. The van der Waals surface area contributed by atoms with Crippen molar-refractivity contribution < 1.29 is 18.7 Å². The first kappa shape index (κ1) is 22.2. The molecule has 0 saturated carbocycles. The number of aromatic nitrogens is 2. The average molecular weight is 457 g/mol. The number of rotatable bonds is 8. The molecule has 1 saturated heterocycles. The molecule has 1 amide bonds. The Morgan fingerprint density at radius 1 is 1.19 bits per heavy atom. The van der Waals surface area contributed by atoms with Gasteiger partial charge in [-0.25, -0.2) is 4.39 Å². The van der Waals surface area contributed by atoms with E-state index in [1.807, 2.05) is 12.1 Å².